The molecule has 0 fully saturated rings. The smallest absolute Gasteiger partial charge is 0.238 e. The molecule has 16 heavy (non-hydrogen) atoms. The normalized spacial score (nSPS) is 11.1. The van der Waals surface area contributed by atoms with Crippen LogP contribution < -0.4 is 20.9 Å². The van der Waals surface area contributed by atoms with E-state index < -0.39 is 10.0 Å². The van der Waals surface area contributed by atoms with Crippen molar-refractivity contribution in [1.82, 2.24) is 4.98 Å². The van der Waals surface area contributed by atoms with Crippen molar-refractivity contribution in [2.75, 3.05) is 30.5 Å². The molecule has 0 aromatic carbocycles. The summed E-state index contributed by atoms with van der Waals surface area (Å²) >= 11 is 0. The lowest BCUT2D eigenvalue weighted by molar-refractivity contribution is 0.401. The molecule has 0 amide bonds. The second kappa shape index (κ2) is 4.99. The van der Waals surface area contributed by atoms with E-state index in [9.17, 15) is 8.42 Å². The molecule has 1 rings (SSSR count). The topological polar surface area (TPSA) is 120 Å². The van der Waals surface area contributed by atoms with Crippen LogP contribution in [-0.2, 0) is 10.0 Å². The van der Waals surface area contributed by atoms with E-state index in [1.54, 1.807) is 12.1 Å². The molecule has 0 aliphatic carbocycles. The Hall–Kier alpha value is -1.54. The maximum absolute atomic E-state index is 10.7. The van der Waals surface area contributed by atoms with E-state index in [0.29, 0.717) is 17.4 Å². The summed E-state index contributed by atoms with van der Waals surface area (Å²) in [6.45, 7) is 0.179. The number of nitrogens with zero attached hydrogens (tertiary/aromatic N) is 1. The first-order valence-electron chi connectivity index (χ1n) is 4.47. The lowest BCUT2D eigenvalue weighted by Crippen LogP contribution is -2.22. The molecule has 1 aromatic rings. The number of aromatic nitrogens is 1. The Labute approximate surface area is 93.8 Å². The number of nitrogens with one attached hydrogen (secondary N) is 1. The van der Waals surface area contributed by atoms with Crippen LogP contribution in [0.4, 0.5) is 11.5 Å². The van der Waals surface area contributed by atoms with Crippen LogP contribution in [0.2, 0.25) is 0 Å². The Bertz CT molecular complexity index is 460. The number of hydrogen-bond acceptors (Lipinski definition) is 6. The van der Waals surface area contributed by atoms with Crippen LogP contribution in [0.1, 0.15) is 0 Å². The highest BCUT2D eigenvalue weighted by Crippen LogP contribution is 2.19. The van der Waals surface area contributed by atoms with Crippen LogP contribution in [0.15, 0.2) is 12.1 Å². The minimum Gasteiger partial charge on any atom is -0.479 e. The average molecular weight is 246 g/mol. The number of nitrogen functional groups attached to an aromatic ring is 1. The minimum atomic E-state index is -3.46. The Kier molecular flexibility index (Phi) is 3.91. The van der Waals surface area contributed by atoms with E-state index in [-0.39, 0.29) is 12.3 Å². The van der Waals surface area contributed by atoms with Gasteiger partial charge in [-0.2, -0.15) is 4.98 Å². The van der Waals surface area contributed by atoms with Crippen LogP contribution in [0.3, 0.4) is 0 Å². The van der Waals surface area contributed by atoms with Crippen LogP contribution in [0.25, 0.3) is 0 Å². The van der Waals surface area contributed by atoms with Gasteiger partial charge in [0.15, 0.2) is 0 Å². The molecule has 90 valence electrons. The van der Waals surface area contributed by atoms with Gasteiger partial charge in [0.25, 0.3) is 0 Å². The Balaban J connectivity index is 2.61. The predicted molar refractivity (Wildman–Crippen MR) is 61.7 cm³/mol. The molecule has 1 heterocycles. The second-order valence-electron chi connectivity index (χ2n) is 3.09. The lowest BCUT2D eigenvalue weighted by atomic mass is 10.4. The van der Waals surface area contributed by atoms with Gasteiger partial charge in [0, 0.05) is 6.54 Å². The molecule has 0 atom stereocenters. The molecule has 0 saturated carbocycles. The number of nitrogens with two attached hydrogens (primary N) is 2. The standard InChI is InChI=1S/C8H14N4O3S/c1-15-8-6(9)2-3-7(12-8)11-4-5-16(10,13)14/h2-3H,4-5,9H2,1H3,(H,11,12)(H2,10,13,14). The average Bonchev–Trinajstić information content (AvgIpc) is 2.18. The summed E-state index contributed by atoms with van der Waals surface area (Å²) < 4.78 is 26.3. The molecule has 1 aromatic heterocycles. The van der Waals surface area contributed by atoms with Crippen molar-refractivity contribution in [3.8, 4) is 5.88 Å². The van der Waals surface area contributed by atoms with Gasteiger partial charge in [-0.05, 0) is 12.1 Å². The molecule has 0 bridgehead atoms. The van der Waals surface area contributed by atoms with Crippen molar-refractivity contribution in [3.05, 3.63) is 12.1 Å². The number of methoxy groups -OCH3 is 1. The SMILES string of the molecule is COc1nc(NCCS(N)(=O)=O)ccc1N. The first-order valence-corrected chi connectivity index (χ1v) is 6.19. The fraction of sp³-hybridized carbons (Fsp3) is 0.375. The summed E-state index contributed by atoms with van der Waals surface area (Å²) in [5, 5.41) is 7.64. The molecule has 0 saturated heterocycles. The summed E-state index contributed by atoms with van der Waals surface area (Å²) in [6.07, 6.45) is 0. The molecule has 0 aliphatic rings. The third-order valence-electron chi connectivity index (χ3n) is 1.78. The van der Waals surface area contributed by atoms with E-state index in [1.807, 2.05) is 0 Å². The molecular formula is C8H14N4O3S. The zero-order valence-electron chi connectivity index (χ0n) is 8.80. The fourth-order valence-electron chi connectivity index (χ4n) is 1.03. The van der Waals surface area contributed by atoms with Crippen molar-refractivity contribution in [1.29, 1.82) is 0 Å². The number of pyridine rings is 1. The number of hydrogen-bond donors (Lipinski definition) is 3. The Morgan fingerprint density at radius 1 is 1.50 bits per heavy atom. The molecule has 5 N–H and O–H groups in total. The summed E-state index contributed by atoms with van der Waals surface area (Å²) in [4.78, 5) is 4.02. The number of ether oxygens (including phenoxy) is 1. The number of primary sulfonamides is 1. The second-order valence-corrected chi connectivity index (χ2v) is 4.82. The van der Waals surface area contributed by atoms with Gasteiger partial charge in [0.1, 0.15) is 5.82 Å². The minimum absolute atomic E-state index is 0.165. The highest BCUT2D eigenvalue weighted by atomic mass is 32.2. The molecular weight excluding hydrogens is 232 g/mol. The third kappa shape index (κ3) is 3.91. The maximum atomic E-state index is 10.7. The van der Waals surface area contributed by atoms with Gasteiger partial charge in [-0.1, -0.05) is 0 Å². The van der Waals surface area contributed by atoms with Gasteiger partial charge in [-0.3, -0.25) is 0 Å². The molecule has 0 unspecified atom stereocenters. The van der Waals surface area contributed by atoms with E-state index in [4.69, 9.17) is 15.6 Å². The summed E-state index contributed by atoms with van der Waals surface area (Å²) in [5.74, 6) is 0.608. The third-order valence-corrected chi connectivity index (χ3v) is 2.55. The van der Waals surface area contributed by atoms with Gasteiger partial charge in [0.2, 0.25) is 15.9 Å². The zero-order chi connectivity index (χ0) is 12.2. The van der Waals surface area contributed by atoms with Crippen LogP contribution in [0, 0.1) is 0 Å². The molecule has 0 spiro atoms. The van der Waals surface area contributed by atoms with Crippen molar-refractivity contribution in [2.24, 2.45) is 5.14 Å². The van der Waals surface area contributed by atoms with Crippen molar-refractivity contribution in [3.63, 3.8) is 0 Å². The van der Waals surface area contributed by atoms with Crippen LogP contribution >= 0.6 is 0 Å². The van der Waals surface area contributed by atoms with E-state index >= 15 is 0 Å². The Morgan fingerprint density at radius 3 is 2.75 bits per heavy atom. The van der Waals surface area contributed by atoms with E-state index in [1.165, 1.54) is 7.11 Å². The number of rotatable bonds is 5. The highest BCUT2D eigenvalue weighted by molar-refractivity contribution is 7.89. The first-order chi connectivity index (χ1) is 7.42. The molecule has 0 aliphatic heterocycles. The quantitative estimate of drug-likeness (QED) is 0.636. The Morgan fingerprint density at radius 2 is 2.19 bits per heavy atom. The predicted octanol–water partition coefficient (Wildman–Crippen LogP) is -0.627. The molecule has 7 nitrogen and oxygen atoms in total. The van der Waals surface area contributed by atoms with Gasteiger partial charge in [-0.25, -0.2) is 13.6 Å². The maximum Gasteiger partial charge on any atom is 0.238 e. The molecule has 8 heteroatoms. The highest BCUT2D eigenvalue weighted by Gasteiger charge is 2.04. The van der Waals surface area contributed by atoms with E-state index in [2.05, 4.69) is 10.3 Å². The molecule has 0 radical (unpaired) electrons. The summed E-state index contributed by atoms with van der Waals surface area (Å²) in [6, 6.07) is 3.24. The van der Waals surface area contributed by atoms with Crippen molar-refractivity contribution < 1.29 is 13.2 Å². The first kappa shape index (κ1) is 12.5. The lowest BCUT2D eigenvalue weighted by Gasteiger charge is -2.07. The van der Waals surface area contributed by atoms with Gasteiger partial charge < -0.3 is 15.8 Å². The fourth-order valence-corrected chi connectivity index (χ4v) is 1.42. The van der Waals surface area contributed by atoms with Gasteiger partial charge >= 0.3 is 0 Å². The van der Waals surface area contributed by atoms with Gasteiger partial charge in [0.05, 0.1) is 18.6 Å². The summed E-state index contributed by atoms with van der Waals surface area (Å²) in [7, 11) is -2.01. The number of anilines is 2. The van der Waals surface area contributed by atoms with Gasteiger partial charge in [-0.15, -0.1) is 0 Å². The monoisotopic (exact) mass is 246 g/mol. The van der Waals surface area contributed by atoms with Crippen molar-refractivity contribution in [2.45, 2.75) is 0 Å². The summed E-state index contributed by atoms with van der Waals surface area (Å²) in [5.41, 5.74) is 5.98. The largest absolute Gasteiger partial charge is 0.479 e. The van der Waals surface area contributed by atoms with E-state index in [0.717, 1.165) is 0 Å². The van der Waals surface area contributed by atoms with Crippen LogP contribution in [-0.4, -0.2) is 32.8 Å². The van der Waals surface area contributed by atoms with Crippen LogP contribution in [0.5, 0.6) is 5.88 Å². The number of sulfonamides is 1. The zero-order valence-corrected chi connectivity index (χ0v) is 9.62. The van der Waals surface area contributed by atoms with Crippen molar-refractivity contribution >= 4 is 21.5 Å².